The molecule has 0 spiro atoms. The normalized spacial score (nSPS) is 13.6. The van der Waals surface area contributed by atoms with Crippen molar-refractivity contribution in [1.29, 1.82) is 5.26 Å². The highest BCUT2D eigenvalue weighted by Crippen LogP contribution is 2.33. The molecule has 2 heterocycles. The van der Waals surface area contributed by atoms with Crippen LogP contribution in [0.5, 0.6) is 0 Å². The fourth-order valence-corrected chi connectivity index (χ4v) is 2.73. The average molecular weight is 245 g/mol. The van der Waals surface area contributed by atoms with Crippen molar-refractivity contribution in [2.45, 2.75) is 12.8 Å². The Morgan fingerprint density at radius 3 is 3.11 bits per heavy atom. The van der Waals surface area contributed by atoms with Crippen LogP contribution >= 0.6 is 0 Å². The summed E-state index contributed by atoms with van der Waals surface area (Å²) in [6.07, 6.45) is 6.47. The Kier molecular flexibility index (Phi) is 2.01. The summed E-state index contributed by atoms with van der Waals surface area (Å²) >= 11 is 0. The number of aromatic nitrogens is 2. The zero-order valence-electron chi connectivity index (χ0n) is 10.3. The molecular weight excluding hydrogens is 234 g/mol. The van der Waals surface area contributed by atoms with E-state index in [-0.39, 0.29) is 0 Å². The van der Waals surface area contributed by atoms with Gasteiger partial charge in [-0.15, -0.1) is 0 Å². The number of rotatable bonds is 0. The van der Waals surface area contributed by atoms with Crippen LogP contribution in [0.1, 0.15) is 23.2 Å². The van der Waals surface area contributed by atoms with Crippen molar-refractivity contribution in [3.63, 3.8) is 0 Å². The molecule has 90 valence electrons. The highest BCUT2D eigenvalue weighted by Gasteiger charge is 2.16. The van der Waals surface area contributed by atoms with Gasteiger partial charge in [-0.25, -0.2) is 4.98 Å². The van der Waals surface area contributed by atoms with E-state index in [4.69, 9.17) is 5.26 Å². The molecule has 0 unspecified atom stereocenters. The first kappa shape index (κ1) is 10.3. The standard InChI is InChI=1S/C16H11N3/c17-9-10-5-6-12-13-8-11-3-1-2-4-14(11)18-16(13)19-15(12)7-10/h2,4-8H,1,3H2,(H,18,19). The van der Waals surface area contributed by atoms with E-state index in [9.17, 15) is 0 Å². The van der Waals surface area contributed by atoms with Gasteiger partial charge in [-0.3, -0.25) is 0 Å². The van der Waals surface area contributed by atoms with Gasteiger partial charge in [0.2, 0.25) is 0 Å². The van der Waals surface area contributed by atoms with Crippen molar-refractivity contribution in [2.24, 2.45) is 0 Å². The second kappa shape index (κ2) is 3.69. The van der Waals surface area contributed by atoms with Crippen molar-refractivity contribution in [3.05, 3.63) is 47.2 Å². The predicted octanol–water partition coefficient (Wildman–Crippen LogP) is 3.50. The van der Waals surface area contributed by atoms with Gasteiger partial charge in [-0.2, -0.15) is 5.26 Å². The molecule has 1 N–H and O–H groups in total. The van der Waals surface area contributed by atoms with Gasteiger partial charge >= 0.3 is 0 Å². The van der Waals surface area contributed by atoms with Gasteiger partial charge in [0.25, 0.3) is 0 Å². The van der Waals surface area contributed by atoms with Gasteiger partial charge in [-0.1, -0.05) is 12.1 Å². The van der Waals surface area contributed by atoms with Gasteiger partial charge in [0.15, 0.2) is 0 Å². The zero-order valence-corrected chi connectivity index (χ0v) is 10.3. The lowest BCUT2D eigenvalue weighted by Gasteiger charge is -2.12. The SMILES string of the molecule is N#Cc1ccc2c3cc4c([nH]c-3nc2c1)C=CCC4. The summed E-state index contributed by atoms with van der Waals surface area (Å²) in [4.78, 5) is 7.98. The molecule has 0 atom stereocenters. The number of fused-ring (bicyclic) bond motifs is 4. The fraction of sp³-hybridized carbons (Fsp3) is 0.125. The van der Waals surface area contributed by atoms with Crippen LogP contribution in [0.25, 0.3) is 28.4 Å². The number of nitriles is 1. The number of allylic oxidation sites excluding steroid dienone is 1. The third-order valence-electron chi connectivity index (χ3n) is 3.69. The van der Waals surface area contributed by atoms with E-state index in [1.54, 1.807) is 0 Å². The minimum atomic E-state index is 0.653. The Balaban J connectivity index is 2.07. The summed E-state index contributed by atoms with van der Waals surface area (Å²) in [5.41, 5.74) is 5.18. The highest BCUT2D eigenvalue weighted by atomic mass is 14.9. The molecule has 2 aliphatic heterocycles. The number of pyridine rings is 1. The molecule has 1 aromatic carbocycles. The van der Waals surface area contributed by atoms with Crippen LogP contribution in [0.2, 0.25) is 0 Å². The quantitative estimate of drug-likeness (QED) is 0.659. The Morgan fingerprint density at radius 2 is 2.21 bits per heavy atom. The number of aromatic amines is 1. The molecule has 1 aliphatic carbocycles. The van der Waals surface area contributed by atoms with E-state index < -0.39 is 0 Å². The smallest absolute Gasteiger partial charge is 0.139 e. The molecule has 0 bridgehead atoms. The Hall–Kier alpha value is -2.60. The summed E-state index contributed by atoms with van der Waals surface area (Å²) in [6.45, 7) is 0. The number of aryl methyl sites for hydroxylation is 1. The van der Waals surface area contributed by atoms with Crippen LogP contribution in [-0.2, 0) is 6.42 Å². The monoisotopic (exact) mass is 245 g/mol. The van der Waals surface area contributed by atoms with Crippen LogP contribution in [0.3, 0.4) is 0 Å². The van der Waals surface area contributed by atoms with Crippen molar-refractivity contribution in [3.8, 4) is 17.5 Å². The summed E-state index contributed by atoms with van der Waals surface area (Å²) in [6, 6.07) is 10.1. The van der Waals surface area contributed by atoms with Crippen molar-refractivity contribution in [1.82, 2.24) is 9.97 Å². The minimum Gasteiger partial charge on any atom is -0.339 e. The van der Waals surface area contributed by atoms with E-state index in [2.05, 4.69) is 34.3 Å². The molecule has 1 aromatic rings. The van der Waals surface area contributed by atoms with Crippen LogP contribution in [0.15, 0.2) is 30.3 Å². The van der Waals surface area contributed by atoms with Gasteiger partial charge in [0.1, 0.15) is 5.82 Å². The largest absolute Gasteiger partial charge is 0.339 e. The lowest BCUT2D eigenvalue weighted by atomic mass is 9.98. The lowest BCUT2D eigenvalue weighted by molar-refractivity contribution is 0.963. The van der Waals surface area contributed by atoms with Crippen molar-refractivity contribution in [2.75, 3.05) is 0 Å². The minimum absolute atomic E-state index is 0.653. The third-order valence-corrected chi connectivity index (χ3v) is 3.69. The zero-order chi connectivity index (χ0) is 12.8. The summed E-state index contributed by atoms with van der Waals surface area (Å²) in [5.74, 6) is 0.899. The Bertz CT molecular complexity index is 833. The maximum atomic E-state index is 8.95. The maximum Gasteiger partial charge on any atom is 0.139 e. The van der Waals surface area contributed by atoms with Crippen LogP contribution in [-0.4, -0.2) is 9.97 Å². The molecule has 3 heteroatoms. The number of benzene rings is 1. The molecule has 0 radical (unpaired) electrons. The van der Waals surface area contributed by atoms with Crippen molar-refractivity contribution >= 4 is 17.0 Å². The van der Waals surface area contributed by atoms with Crippen LogP contribution in [0, 0.1) is 11.3 Å². The lowest BCUT2D eigenvalue weighted by Crippen LogP contribution is -1.99. The first-order valence-corrected chi connectivity index (χ1v) is 6.37. The fourth-order valence-electron chi connectivity index (χ4n) is 2.73. The van der Waals surface area contributed by atoms with E-state index in [1.165, 1.54) is 5.56 Å². The average Bonchev–Trinajstić information content (AvgIpc) is 2.81. The Labute approximate surface area is 110 Å². The number of hydrogen-bond donors (Lipinski definition) is 1. The first-order valence-electron chi connectivity index (χ1n) is 6.37. The maximum absolute atomic E-state index is 8.95. The van der Waals surface area contributed by atoms with Crippen molar-refractivity contribution < 1.29 is 0 Å². The number of nitrogens with one attached hydrogen (secondary N) is 1. The van der Waals surface area contributed by atoms with E-state index in [0.29, 0.717) is 5.56 Å². The molecular formula is C16H11N3. The van der Waals surface area contributed by atoms with Crippen LogP contribution in [0.4, 0.5) is 0 Å². The molecule has 0 aromatic heterocycles. The molecule has 4 rings (SSSR count). The summed E-state index contributed by atoms with van der Waals surface area (Å²) in [5, 5.41) is 10.1. The van der Waals surface area contributed by atoms with E-state index in [0.717, 1.165) is 40.8 Å². The first-order chi connectivity index (χ1) is 9.35. The molecule has 3 aliphatic rings. The molecule has 0 fully saturated rings. The van der Waals surface area contributed by atoms with Crippen LogP contribution < -0.4 is 0 Å². The Morgan fingerprint density at radius 1 is 1.26 bits per heavy atom. The predicted molar refractivity (Wildman–Crippen MR) is 74.8 cm³/mol. The van der Waals surface area contributed by atoms with Gasteiger partial charge < -0.3 is 4.98 Å². The summed E-state index contributed by atoms with van der Waals surface area (Å²) < 4.78 is 0. The molecule has 0 saturated carbocycles. The van der Waals surface area contributed by atoms with E-state index in [1.807, 2.05) is 18.2 Å². The second-order valence-electron chi connectivity index (χ2n) is 4.87. The van der Waals surface area contributed by atoms with Gasteiger partial charge in [-0.05, 0) is 42.7 Å². The summed E-state index contributed by atoms with van der Waals surface area (Å²) in [7, 11) is 0. The number of nitrogens with zero attached hydrogens (tertiary/aromatic N) is 2. The number of hydrogen-bond acceptors (Lipinski definition) is 2. The van der Waals surface area contributed by atoms with Gasteiger partial charge in [0.05, 0.1) is 17.1 Å². The molecule has 3 nitrogen and oxygen atoms in total. The molecule has 0 amide bonds. The van der Waals surface area contributed by atoms with E-state index >= 15 is 0 Å². The highest BCUT2D eigenvalue weighted by molar-refractivity contribution is 5.97. The second-order valence-corrected chi connectivity index (χ2v) is 4.87. The van der Waals surface area contributed by atoms with Gasteiger partial charge in [0, 0.05) is 16.6 Å². The third kappa shape index (κ3) is 1.47. The molecule has 0 saturated heterocycles. The molecule has 19 heavy (non-hydrogen) atoms. The number of H-pyrrole nitrogens is 1. The topological polar surface area (TPSA) is 52.5 Å².